The second kappa shape index (κ2) is 9.96. The van der Waals surface area contributed by atoms with Gasteiger partial charge in [-0.25, -0.2) is 8.42 Å². The van der Waals surface area contributed by atoms with Gasteiger partial charge in [0.1, 0.15) is 0 Å². The van der Waals surface area contributed by atoms with E-state index >= 15 is 0 Å². The fourth-order valence-electron chi connectivity index (χ4n) is 4.45. The number of aromatic nitrogens is 1. The van der Waals surface area contributed by atoms with Crippen LogP contribution in [0, 0.1) is 0 Å². The van der Waals surface area contributed by atoms with Gasteiger partial charge in [0.2, 0.25) is 0 Å². The van der Waals surface area contributed by atoms with E-state index < -0.39 is 10.0 Å². The molecule has 1 aliphatic rings. The van der Waals surface area contributed by atoms with Gasteiger partial charge in [-0.1, -0.05) is 36.4 Å². The summed E-state index contributed by atoms with van der Waals surface area (Å²) >= 11 is 0. The summed E-state index contributed by atoms with van der Waals surface area (Å²) in [4.78, 5) is 21.3. The van der Waals surface area contributed by atoms with Crippen LogP contribution < -0.4 is 9.62 Å². The van der Waals surface area contributed by atoms with Gasteiger partial charge in [-0.15, -0.1) is 0 Å². The zero-order valence-electron chi connectivity index (χ0n) is 19.5. The van der Waals surface area contributed by atoms with Gasteiger partial charge < -0.3 is 14.9 Å². The number of aliphatic hydroxyl groups is 1. The molecule has 184 valence electrons. The van der Waals surface area contributed by atoms with Crippen LogP contribution in [0.25, 0.3) is 10.9 Å². The van der Waals surface area contributed by atoms with Crippen LogP contribution >= 0.6 is 0 Å². The highest BCUT2D eigenvalue weighted by atomic mass is 32.2. The van der Waals surface area contributed by atoms with Crippen molar-refractivity contribution >= 4 is 38.2 Å². The third-order valence-corrected chi connectivity index (χ3v) is 7.74. The van der Waals surface area contributed by atoms with Gasteiger partial charge in [0.15, 0.2) is 0 Å². The van der Waals surface area contributed by atoms with Crippen molar-refractivity contribution in [3.63, 3.8) is 0 Å². The van der Waals surface area contributed by atoms with E-state index in [0.29, 0.717) is 42.9 Å². The number of anilines is 2. The molecule has 8 nitrogen and oxygen atoms in total. The molecule has 0 bridgehead atoms. The number of benzene rings is 3. The molecule has 2 heterocycles. The molecule has 9 heteroatoms. The van der Waals surface area contributed by atoms with Crippen molar-refractivity contribution in [1.82, 2.24) is 9.88 Å². The molecule has 1 fully saturated rings. The quantitative estimate of drug-likeness (QED) is 0.419. The first-order valence-electron chi connectivity index (χ1n) is 11.7. The van der Waals surface area contributed by atoms with Crippen LogP contribution in [-0.2, 0) is 16.6 Å². The summed E-state index contributed by atoms with van der Waals surface area (Å²) < 4.78 is 28.6. The zero-order chi connectivity index (χ0) is 25.1. The van der Waals surface area contributed by atoms with E-state index in [1.54, 1.807) is 41.4 Å². The van der Waals surface area contributed by atoms with Crippen molar-refractivity contribution in [2.75, 3.05) is 35.8 Å². The van der Waals surface area contributed by atoms with E-state index in [4.69, 9.17) is 0 Å². The van der Waals surface area contributed by atoms with Gasteiger partial charge in [0.05, 0.1) is 22.7 Å². The van der Waals surface area contributed by atoms with Crippen molar-refractivity contribution in [3.8, 4) is 0 Å². The minimum absolute atomic E-state index is 0.0313. The van der Waals surface area contributed by atoms with Crippen LogP contribution in [0.3, 0.4) is 0 Å². The molecule has 36 heavy (non-hydrogen) atoms. The SMILES string of the molecule is O=C(c1ccc(S(=O)(=O)Nc2cccc3cccnc23)cc1)N1CCN(c2ccccc2CO)CC1. The number of pyridine rings is 1. The first kappa shape index (κ1) is 23.8. The van der Waals surface area contributed by atoms with Crippen LogP contribution in [-0.4, -0.2) is 55.5 Å². The molecule has 1 aromatic heterocycles. The van der Waals surface area contributed by atoms with Crippen molar-refractivity contribution < 1.29 is 18.3 Å². The predicted molar refractivity (Wildman–Crippen MR) is 139 cm³/mol. The summed E-state index contributed by atoms with van der Waals surface area (Å²) in [5.74, 6) is -0.139. The van der Waals surface area contributed by atoms with E-state index in [1.165, 1.54) is 12.1 Å². The molecule has 0 unspecified atom stereocenters. The summed E-state index contributed by atoms with van der Waals surface area (Å²) in [6, 6.07) is 22.7. The number of para-hydroxylation sites is 2. The molecule has 3 aromatic carbocycles. The number of amides is 1. The maximum atomic E-state index is 13.1. The number of fused-ring (bicyclic) bond motifs is 1. The predicted octanol–water partition coefficient (Wildman–Crippen LogP) is 3.49. The molecule has 0 radical (unpaired) electrons. The summed E-state index contributed by atoms with van der Waals surface area (Å²) in [6.07, 6.45) is 1.62. The number of carbonyl (C=O) groups excluding carboxylic acids is 1. The summed E-state index contributed by atoms with van der Waals surface area (Å²) in [5.41, 5.74) is 3.24. The van der Waals surface area contributed by atoms with Crippen LogP contribution in [0.2, 0.25) is 0 Å². The normalized spacial score (nSPS) is 14.1. The Labute approximate surface area is 209 Å². The van der Waals surface area contributed by atoms with E-state index in [-0.39, 0.29) is 17.4 Å². The largest absolute Gasteiger partial charge is 0.392 e. The standard InChI is InChI=1S/C27H26N4O4S/c32-19-22-5-1-2-9-25(22)30-15-17-31(18-16-30)27(33)21-10-12-23(13-11-21)36(34,35)29-24-8-3-6-20-7-4-14-28-26(20)24/h1-14,29,32H,15-19H2. The van der Waals surface area contributed by atoms with Crippen LogP contribution in [0.4, 0.5) is 11.4 Å². The number of hydrogen-bond acceptors (Lipinski definition) is 6. The molecular weight excluding hydrogens is 476 g/mol. The number of rotatable bonds is 6. The molecule has 0 aliphatic carbocycles. The second-order valence-electron chi connectivity index (χ2n) is 8.58. The summed E-state index contributed by atoms with van der Waals surface area (Å²) in [6.45, 7) is 2.34. The molecule has 2 N–H and O–H groups in total. The molecular formula is C27H26N4O4S. The number of piperazine rings is 1. The molecule has 5 rings (SSSR count). The molecule has 0 spiro atoms. The summed E-state index contributed by atoms with van der Waals surface area (Å²) in [5, 5.41) is 10.4. The Kier molecular flexibility index (Phi) is 6.58. The Morgan fingerprint density at radius 3 is 2.36 bits per heavy atom. The highest BCUT2D eigenvalue weighted by Crippen LogP contribution is 2.25. The van der Waals surface area contributed by atoms with E-state index in [0.717, 1.165) is 16.6 Å². The van der Waals surface area contributed by atoms with Gasteiger partial charge in [-0.2, -0.15) is 0 Å². The van der Waals surface area contributed by atoms with Crippen molar-refractivity contribution in [3.05, 3.63) is 96.2 Å². The Bertz CT molecular complexity index is 1490. The molecule has 1 aliphatic heterocycles. The minimum atomic E-state index is -3.86. The zero-order valence-corrected chi connectivity index (χ0v) is 20.4. The van der Waals surface area contributed by atoms with Gasteiger partial charge in [-0.3, -0.25) is 14.5 Å². The monoisotopic (exact) mass is 502 g/mol. The van der Waals surface area contributed by atoms with Crippen molar-refractivity contribution in [1.29, 1.82) is 0 Å². The number of nitrogens with one attached hydrogen (secondary N) is 1. The second-order valence-corrected chi connectivity index (χ2v) is 10.3. The van der Waals surface area contributed by atoms with Crippen molar-refractivity contribution in [2.45, 2.75) is 11.5 Å². The Hall–Kier alpha value is -3.95. The number of nitrogens with zero attached hydrogens (tertiary/aromatic N) is 3. The number of sulfonamides is 1. The highest BCUT2D eigenvalue weighted by Gasteiger charge is 2.24. The molecule has 0 saturated carbocycles. The minimum Gasteiger partial charge on any atom is -0.392 e. The number of hydrogen-bond donors (Lipinski definition) is 2. The first-order valence-corrected chi connectivity index (χ1v) is 13.1. The maximum Gasteiger partial charge on any atom is 0.261 e. The summed E-state index contributed by atoms with van der Waals surface area (Å²) in [7, 11) is -3.86. The molecule has 0 atom stereocenters. The van der Waals surface area contributed by atoms with E-state index in [1.807, 2.05) is 36.4 Å². The van der Waals surface area contributed by atoms with Crippen LogP contribution in [0.15, 0.2) is 90.0 Å². The lowest BCUT2D eigenvalue weighted by Gasteiger charge is -2.37. The van der Waals surface area contributed by atoms with Gasteiger partial charge in [0, 0.05) is 54.6 Å². The molecule has 1 amide bonds. The van der Waals surface area contributed by atoms with Crippen molar-refractivity contribution in [2.24, 2.45) is 0 Å². The topological polar surface area (TPSA) is 103 Å². The smallest absolute Gasteiger partial charge is 0.261 e. The number of aliphatic hydroxyl groups excluding tert-OH is 1. The molecule has 4 aromatic rings. The lowest BCUT2D eigenvalue weighted by atomic mass is 10.1. The molecule has 1 saturated heterocycles. The average molecular weight is 503 g/mol. The van der Waals surface area contributed by atoms with E-state index in [2.05, 4.69) is 14.6 Å². The van der Waals surface area contributed by atoms with Gasteiger partial charge in [-0.05, 0) is 42.5 Å². The van der Waals surface area contributed by atoms with Gasteiger partial charge in [0.25, 0.3) is 15.9 Å². The maximum absolute atomic E-state index is 13.1. The average Bonchev–Trinajstić information content (AvgIpc) is 2.93. The Morgan fingerprint density at radius 2 is 1.61 bits per heavy atom. The van der Waals surface area contributed by atoms with Gasteiger partial charge >= 0.3 is 0 Å². The highest BCUT2D eigenvalue weighted by molar-refractivity contribution is 7.92. The first-order chi connectivity index (χ1) is 17.5. The lowest BCUT2D eigenvalue weighted by molar-refractivity contribution is 0.0746. The lowest BCUT2D eigenvalue weighted by Crippen LogP contribution is -2.49. The third kappa shape index (κ3) is 4.75. The fourth-order valence-corrected chi connectivity index (χ4v) is 5.52. The van der Waals surface area contributed by atoms with E-state index in [9.17, 15) is 18.3 Å². The Balaban J connectivity index is 1.26. The number of carbonyl (C=O) groups is 1. The Morgan fingerprint density at radius 1 is 0.889 bits per heavy atom. The van der Waals surface area contributed by atoms with Crippen LogP contribution in [0.5, 0.6) is 0 Å². The fraction of sp³-hybridized carbons (Fsp3) is 0.185. The third-order valence-electron chi connectivity index (χ3n) is 6.36. The van der Waals surface area contributed by atoms with Crippen LogP contribution in [0.1, 0.15) is 15.9 Å².